The Morgan fingerprint density at radius 2 is 2.38 bits per heavy atom. The van der Waals surface area contributed by atoms with Gasteiger partial charge in [-0.2, -0.15) is 0 Å². The van der Waals surface area contributed by atoms with Gasteiger partial charge in [-0.25, -0.2) is 0 Å². The zero-order valence-corrected chi connectivity index (χ0v) is 8.44. The van der Waals surface area contributed by atoms with Crippen LogP contribution in [0.2, 0.25) is 0 Å². The maximum absolute atomic E-state index is 5.61. The zero-order chi connectivity index (χ0) is 9.36. The topological polar surface area (TPSA) is 21.3 Å². The molecule has 1 N–H and O–H groups in total. The molecular weight excluding hydrogens is 162 g/mol. The molecule has 13 heavy (non-hydrogen) atoms. The molecule has 0 aromatic carbocycles. The van der Waals surface area contributed by atoms with Crippen molar-refractivity contribution in [2.75, 3.05) is 19.7 Å². The van der Waals surface area contributed by atoms with Crippen LogP contribution >= 0.6 is 0 Å². The Kier molecular flexibility index (Phi) is 5.64. The quantitative estimate of drug-likeness (QED) is 0.525. The maximum Gasteiger partial charge on any atom is 0.0587 e. The summed E-state index contributed by atoms with van der Waals surface area (Å²) in [6, 6.07) is 0. The molecule has 2 heteroatoms. The van der Waals surface area contributed by atoms with Crippen LogP contribution in [0, 0.1) is 11.8 Å². The first-order valence-electron chi connectivity index (χ1n) is 5.15. The fraction of sp³-hybridized carbons (Fsp3) is 0.818. The summed E-state index contributed by atoms with van der Waals surface area (Å²) in [4.78, 5) is 0. The third kappa shape index (κ3) is 4.92. The molecule has 1 fully saturated rings. The second kappa shape index (κ2) is 6.94. The Hall–Kier alpha value is -0.520. The highest BCUT2D eigenvalue weighted by atomic mass is 16.5. The van der Waals surface area contributed by atoms with E-state index in [1.165, 1.54) is 19.3 Å². The summed E-state index contributed by atoms with van der Waals surface area (Å²) < 4.78 is 5.61. The molecule has 1 aliphatic heterocycles. The molecule has 74 valence electrons. The van der Waals surface area contributed by atoms with Crippen LogP contribution in [0.15, 0.2) is 0 Å². The second-order valence-electron chi connectivity index (χ2n) is 3.38. The van der Waals surface area contributed by atoms with Crippen molar-refractivity contribution in [2.45, 2.75) is 38.7 Å². The minimum atomic E-state index is 0.496. The van der Waals surface area contributed by atoms with Crippen LogP contribution in [-0.2, 0) is 4.74 Å². The van der Waals surface area contributed by atoms with Crippen molar-refractivity contribution in [3.63, 3.8) is 0 Å². The van der Waals surface area contributed by atoms with Gasteiger partial charge in [0.15, 0.2) is 0 Å². The van der Waals surface area contributed by atoms with E-state index in [0.717, 1.165) is 26.1 Å². The van der Waals surface area contributed by atoms with Crippen LogP contribution in [0.1, 0.15) is 32.6 Å². The van der Waals surface area contributed by atoms with E-state index in [9.17, 15) is 0 Å². The molecule has 0 aliphatic carbocycles. The average Bonchev–Trinajstić information content (AvgIpc) is 2.19. The molecule has 0 spiro atoms. The minimum Gasteiger partial charge on any atom is -0.378 e. The first-order chi connectivity index (χ1) is 6.43. The summed E-state index contributed by atoms with van der Waals surface area (Å²) >= 11 is 0. The maximum atomic E-state index is 5.61. The summed E-state index contributed by atoms with van der Waals surface area (Å²) in [5.74, 6) is 5.85. The summed E-state index contributed by atoms with van der Waals surface area (Å²) in [7, 11) is 0. The highest BCUT2D eigenvalue weighted by Gasteiger charge is 2.12. The fourth-order valence-electron chi connectivity index (χ4n) is 1.54. The van der Waals surface area contributed by atoms with Crippen molar-refractivity contribution in [2.24, 2.45) is 0 Å². The molecule has 1 saturated heterocycles. The average molecular weight is 181 g/mol. The lowest BCUT2D eigenvalue weighted by molar-refractivity contribution is 0.0117. The number of hydrogen-bond acceptors (Lipinski definition) is 2. The van der Waals surface area contributed by atoms with E-state index >= 15 is 0 Å². The standard InChI is InChI=1S/C11H19NO/c1-2-3-8-12-9-7-11-6-4-5-10-13-11/h11-12H,4-10H2,1H3. The Labute approximate surface area is 81.0 Å². The van der Waals surface area contributed by atoms with Crippen molar-refractivity contribution in [3.8, 4) is 11.8 Å². The van der Waals surface area contributed by atoms with Crippen molar-refractivity contribution in [1.29, 1.82) is 0 Å². The molecule has 0 aromatic rings. The summed E-state index contributed by atoms with van der Waals surface area (Å²) in [6.07, 6.45) is 5.44. The van der Waals surface area contributed by atoms with Crippen LogP contribution in [0.5, 0.6) is 0 Å². The van der Waals surface area contributed by atoms with E-state index in [0.29, 0.717) is 6.10 Å². The van der Waals surface area contributed by atoms with Crippen molar-refractivity contribution < 1.29 is 4.74 Å². The summed E-state index contributed by atoms with van der Waals surface area (Å²) in [5, 5.41) is 3.28. The van der Waals surface area contributed by atoms with Crippen LogP contribution in [0.3, 0.4) is 0 Å². The number of nitrogens with one attached hydrogen (secondary N) is 1. The molecule has 1 heterocycles. The molecule has 0 bridgehead atoms. The molecule has 1 rings (SSSR count). The Balaban J connectivity index is 1.94. The summed E-state index contributed by atoms with van der Waals surface area (Å²) in [5.41, 5.74) is 0. The third-order valence-corrected chi connectivity index (χ3v) is 2.31. The lowest BCUT2D eigenvalue weighted by Crippen LogP contribution is -2.25. The zero-order valence-electron chi connectivity index (χ0n) is 8.44. The van der Waals surface area contributed by atoms with Gasteiger partial charge < -0.3 is 10.1 Å². The molecule has 0 radical (unpaired) electrons. The second-order valence-corrected chi connectivity index (χ2v) is 3.38. The molecule has 1 aliphatic rings. The van der Waals surface area contributed by atoms with Crippen molar-refractivity contribution in [1.82, 2.24) is 5.32 Å². The molecule has 0 amide bonds. The lowest BCUT2D eigenvalue weighted by atomic mass is 10.1. The smallest absolute Gasteiger partial charge is 0.0587 e. The van der Waals surface area contributed by atoms with Gasteiger partial charge in [0.2, 0.25) is 0 Å². The van der Waals surface area contributed by atoms with E-state index < -0.39 is 0 Å². The Morgan fingerprint density at radius 3 is 3.08 bits per heavy atom. The highest BCUT2D eigenvalue weighted by Crippen LogP contribution is 2.14. The molecule has 0 aromatic heterocycles. The van der Waals surface area contributed by atoms with E-state index in [1.807, 2.05) is 6.92 Å². The van der Waals surface area contributed by atoms with Gasteiger partial charge >= 0.3 is 0 Å². The molecular formula is C11H19NO. The number of hydrogen-bond donors (Lipinski definition) is 1. The molecule has 1 unspecified atom stereocenters. The van der Waals surface area contributed by atoms with E-state index in [1.54, 1.807) is 0 Å². The van der Waals surface area contributed by atoms with Gasteiger partial charge in [-0.15, -0.1) is 5.92 Å². The van der Waals surface area contributed by atoms with Crippen molar-refractivity contribution in [3.05, 3.63) is 0 Å². The third-order valence-electron chi connectivity index (χ3n) is 2.31. The predicted molar refractivity (Wildman–Crippen MR) is 54.5 cm³/mol. The van der Waals surface area contributed by atoms with Crippen LogP contribution in [-0.4, -0.2) is 25.8 Å². The monoisotopic (exact) mass is 181 g/mol. The van der Waals surface area contributed by atoms with Gasteiger partial charge in [-0.1, -0.05) is 5.92 Å². The lowest BCUT2D eigenvalue weighted by Gasteiger charge is -2.22. The molecule has 2 nitrogen and oxygen atoms in total. The largest absolute Gasteiger partial charge is 0.378 e. The van der Waals surface area contributed by atoms with E-state index in [4.69, 9.17) is 4.74 Å². The van der Waals surface area contributed by atoms with Gasteiger partial charge in [0.1, 0.15) is 0 Å². The first-order valence-corrected chi connectivity index (χ1v) is 5.15. The number of ether oxygens (including phenoxy) is 1. The van der Waals surface area contributed by atoms with Gasteiger partial charge in [0, 0.05) is 6.61 Å². The van der Waals surface area contributed by atoms with Crippen molar-refractivity contribution >= 4 is 0 Å². The van der Waals surface area contributed by atoms with Crippen LogP contribution < -0.4 is 5.32 Å². The fourth-order valence-corrected chi connectivity index (χ4v) is 1.54. The van der Waals surface area contributed by atoms with Crippen LogP contribution in [0.4, 0.5) is 0 Å². The number of rotatable bonds is 4. The Morgan fingerprint density at radius 1 is 1.46 bits per heavy atom. The highest BCUT2D eigenvalue weighted by molar-refractivity contribution is 4.96. The van der Waals surface area contributed by atoms with Gasteiger partial charge in [0.25, 0.3) is 0 Å². The van der Waals surface area contributed by atoms with Gasteiger partial charge in [-0.05, 0) is 39.2 Å². The molecule has 0 saturated carbocycles. The normalized spacial score (nSPS) is 22.1. The Bertz CT molecular complexity index is 174. The van der Waals surface area contributed by atoms with Crippen LogP contribution in [0.25, 0.3) is 0 Å². The molecule has 1 atom stereocenters. The summed E-state index contributed by atoms with van der Waals surface area (Å²) in [6.45, 7) is 4.66. The first kappa shape index (κ1) is 10.6. The van der Waals surface area contributed by atoms with E-state index in [2.05, 4.69) is 17.2 Å². The predicted octanol–water partition coefficient (Wildman–Crippen LogP) is 1.56. The SMILES string of the molecule is CC#CCNCCC1CCCCO1. The van der Waals surface area contributed by atoms with Gasteiger partial charge in [-0.3, -0.25) is 0 Å². The van der Waals surface area contributed by atoms with Gasteiger partial charge in [0.05, 0.1) is 12.6 Å². The van der Waals surface area contributed by atoms with E-state index in [-0.39, 0.29) is 0 Å². The minimum absolute atomic E-state index is 0.496.